The largest absolute Gasteiger partial charge is 0.136 e. The maximum atomic E-state index is 2.30. The van der Waals surface area contributed by atoms with Crippen molar-refractivity contribution in [1.82, 2.24) is 0 Å². The Hall–Kier alpha value is -3.81. The third-order valence-electron chi connectivity index (χ3n) is 6.69. The van der Waals surface area contributed by atoms with Gasteiger partial charge in [0.05, 0.1) is 10.5 Å². The number of hydrogen-bond acceptors (Lipinski definition) is 1. The third kappa shape index (κ3) is 4.36. The second-order valence-corrected chi connectivity index (χ2v) is 10.1. The zero-order valence-corrected chi connectivity index (χ0v) is 20.2. The molecule has 6 rings (SSSR count). The molecule has 0 aliphatic carbocycles. The molecule has 2 unspecified atom stereocenters. The van der Waals surface area contributed by atoms with Crippen molar-refractivity contribution in [3.8, 4) is 0 Å². The van der Waals surface area contributed by atoms with Crippen molar-refractivity contribution in [1.29, 1.82) is 0 Å². The first-order valence-corrected chi connectivity index (χ1v) is 13.0. The van der Waals surface area contributed by atoms with Crippen molar-refractivity contribution in [2.75, 3.05) is 0 Å². The predicted molar refractivity (Wildman–Crippen MR) is 152 cm³/mol. The maximum Gasteiger partial charge on any atom is 0.0562 e. The van der Waals surface area contributed by atoms with E-state index in [1.807, 2.05) is 11.8 Å². The lowest BCUT2D eigenvalue weighted by atomic mass is 9.97. The molecule has 1 heteroatoms. The molecule has 0 bridgehead atoms. The van der Waals surface area contributed by atoms with Crippen LogP contribution in [-0.2, 0) is 0 Å². The molecule has 0 saturated heterocycles. The topological polar surface area (TPSA) is 0 Å². The van der Waals surface area contributed by atoms with E-state index < -0.39 is 0 Å². The molecular weight excluding hydrogens is 440 g/mol. The van der Waals surface area contributed by atoms with Gasteiger partial charge in [0.25, 0.3) is 0 Å². The summed E-state index contributed by atoms with van der Waals surface area (Å²) in [5, 5.41) is 5.58. The van der Waals surface area contributed by atoms with Gasteiger partial charge in [-0.15, -0.1) is 11.8 Å². The summed E-state index contributed by atoms with van der Waals surface area (Å²) in [5.74, 6) is 0. The number of rotatable bonds is 6. The first-order valence-electron chi connectivity index (χ1n) is 12.1. The Morgan fingerprint density at radius 3 is 1.17 bits per heavy atom. The van der Waals surface area contributed by atoms with Gasteiger partial charge in [0.1, 0.15) is 0 Å². The Morgan fingerprint density at radius 1 is 0.343 bits per heavy atom. The molecule has 0 fully saturated rings. The summed E-state index contributed by atoms with van der Waals surface area (Å²) < 4.78 is 0. The molecular formula is C34H26S. The van der Waals surface area contributed by atoms with E-state index in [9.17, 15) is 0 Å². The van der Waals surface area contributed by atoms with E-state index >= 15 is 0 Å². The lowest BCUT2D eigenvalue weighted by Crippen LogP contribution is -2.05. The van der Waals surface area contributed by atoms with Crippen molar-refractivity contribution in [3.05, 3.63) is 168 Å². The van der Waals surface area contributed by atoms with Gasteiger partial charge in [0.15, 0.2) is 0 Å². The number of thioether (sulfide) groups is 1. The van der Waals surface area contributed by atoms with Crippen LogP contribution < -0.4 is 0 Å². The summed E-state index contributed by atoms with van der Waals surface area (Å²) in [7, 11) is 0. The van der Waals surface area contributed by atoms with Crippen molar-refractivity contribution in [2.45, 2.75) is 10.5 Å². The van der Waals surface area contributed by atoms with Crippen LogP contribution in [0.3, 0.4) is 0 Å². The average Bonchev–Trinajstić information content (AvgIpc) is 2.94. The summed E-state index contributed by atoms with van der Waals surface area (Å²) in [6, 6.07) is 52.8. The van der Waals surface area contributed by atoms with E-state index in [1.54, 1.807) is 0 Å². The minimum absolute atomic E-state index is 0.187. The van der Waals surface area contributed by atoms with E-state index in [1.165, 1.54) is 43.8 Å². The van der Waals surface area contributed by atoms with Crippen LogP contribution in [0.5, 0.6) is 0 Å². The van der Waals surface area contributed by atoms with Gasteiger partial charge in [-0.05, 0) is 43.8 Å². The Labute approximate surface area is 211 Å². The highest BCUT2D eigenvalue weighted by Crippen LogP contribution is 2.50. The first-order chi connectivity index (χ1) is 17.4. The molecule has 0 aliphatic rings. The highest BCUT2D eigenvalue weighted by atomic mass is 32.2. The number of hydrogen-bond donors (Lipinski definition) is 0. The highest BCUT2D eigenvalue weighted by Gasteiger charge is 2.25. The minimum Gasteiger partial charge on any atom is -0.136 e. The summed E-state index contributed by atoms with van der Waals surface area (Å²) in [4.78, 5) is 0. The van der Waals surface area contributed by atoms with Gasteiger partial charge in [-0.3, -0.25) is 0 Å². The Bertz CT molecular complexity index is 1440. The quantitative estimate of drug-likeness (QED) is 0.235. The monoisotopic (exact) mass is 466 g/mol. The van der Waals surface area contributed by atoms with E-state index in [4.69, 9.17) is 0 Å². The van der Waals surface area contributed by atoms with Crippen LogP contribution in [0.1, 0.15) is 32.8 Å². The van der Waals surface area contributed by atoms with E-state index in [0.717, 1.165) is 0 Å². The Kier molecular flexibility index (Phi) is 6.09. The van der Waals surface area contributed by atoms with E-state index in [2.05, 4.69) is 146 Å². The maximum absolute atomic E-state index is 2.30. The lowest BCUT2D eigenvalue weighted by Gasteiger charge is -2.27. The second-order valence-electron chi connectivity index (χ2n) is 8.85. The number of benzene rings is 6. The normalized spacial score (nSPS) is 13.0. The number of fused-ring (bicyclic) bond motifs is 2. The molecule has 0 amide bonds. The van der Waals surface area contributed by atoms with Crippen LogP contribution in [-0.4, -0.2) is 0 Å². The fraction of sp³-hybridized carbons (Fsp3) is 0.0588. The molecule has 0 aliphatic heterocycles. The zero-order chi connectivity index (χ0) is 23.5. The molecule has 0 aromatic heterocycles. The molecule has 6 aromatic carbocycles. The molecule has 0 spiro atoms. The molecule has 2 atom stereocenters. The summed E-state index contributed by atoms with van der Waals surface area (Å²) in [5.41, 5.74) is 5.38. The Balaban J connectivity index is 1.56. The molecule has 168 valence electrons. The highest BCUT2D eigenvalue weighted by molar-refractivity contribution is 8.00. The van der Waals surface area contributed by atoms with Crippen LogP contribution in [0.4, 0.5) is 0 Å². The lowest BCUT2D eigenvalue weighted by molar-refractivity contribution is 1.11. The average molecular weight is 467 g/mol. The molecule has 0 heterocycles. The van der Waals surface area contributed by atoms with Gasteiger partial charge < -0.3 is 0 Å². The van der Waals surface area contributed by atoms with Crippen molar-refractivity contribution in [3.63, 3.8) is 0 Å². The standard InChI is InChI=1S/C34H26S/c1-3-15-27(16-4-1)33(31-23-11-19-25-13-7-9-21-29(25)31)35-34(28-17-5-2-6-18-28)32-24-12-20-26-14-8-10-22-30(26)32/h1-24,33-34H. The summed E-state index contributed by atoms with van der Waals surface area (Å²) in [6.07, 6.45) is 0. The minimum atomic E-state index is 0.187. The molecule has 0 nitrogen and oxygen atoms in total. The Morgan fingerprint density at radius 2 is 0.714 bits per heavy atom. The van der Waals surface area contributed by atoms with Crippen LogP contribution >= 0.6 is 11.8 Å². The predicted octanol–water partition coefficient (Wildman–Crippen LogP) is 9.61. The van der Waals surface area contributed by atoms with Crippen LogP contribution in [0, 0.1) is 0 Å². The molecule has 0 N–H and O–H groups in total. The smallest absolute Gasteiger partial charge is 0.0562 e. The first kappa shape index (κ1) is 21.7. The van der Waals surface area contributed by atoms with Gasteiger partial charge in [-0.25, -0.2) is 0 Å². The third-order valence-corrected chi connectivity index (χ3v) is 8.29. The van der Waals surface area contributed by atoms with Crippen LogP contribution in [0.2, 0.25) is 0 Å². The molecule has 0 radical (unpaired) electrons. The second kappa shape index (κ2) is 9.82. The van der Waals surface area contributed by atoms with Gasteiger partial charge in [0, 0.05) is 0 Å². The van der Waals surface area contributed by atoms with Crippen molar-refractivity contribution in [2.24, 2.45) is 0 Å². The zero-order valence-electron chi connectivity index (χ0n) is 19.4. The van der Waals surface area contributed by atoms with Gasteiger partial charge in [0.2, 0.25) is 0 Å². The van der Waals surface area contributed by atoms with Crippen LogP contribution in [0.25, 0.3) is 21.5 Å². The van der Waals surface area contributed by atoms with E-state index in [0.29, 0.717) is 0 Å². The summed E-state index contributed by atoms with van der Waals surface area (Å²) >= 11 is 2.03. The summed E-state index contributed by atoms with van der Waals surface area (Å²) in [6.45, 7) is 0. The molecule has 35 heavy (non-hydrogen) atoms. The van der Waals surface area contributed by atoms with Crippen LogP contribution in [0.15, 0.2) is 146 Å². The van der Waals surface area contributed by atoms with Gasteiger partial charge in [-0.2, -0.15) is 0 Å². The molecule has 0 saturated carbocycles. The van der Waals surface area contributed by atoms with Crippen molar-refractivity contribution >= 4 is 33.3 Å². The SMILES string of the molecule is c1ccc(C(SC(c2ccccc2)c2cccc3ccccc23)c2cccc3ccccc23)cc1. The van der Waals surface area contributed by atoms with E-state index in [-0.39, 0.29) is 10.5 Å². The molecule has 6 aromatic rings. The fourth-order valence-electron chi connectivity index (χ4n) is 5.01. The van der Waals surface area contributed by atoms with Crippen molar-refractivity contribution < 1.29 is 0 Å². The van der Waals surface area contributed by atoms with Gasteiger partial charge in [-0.1, -0.05) is 146 Å². The fourth-order valence-corrected chi connectivity index (χ4v) is 6.62. The van der Waals surface area contributed by atoms with Gasteiger partial charge >= 0.3 is 0 Å².